The fraction of sp³-hybridized carbons (Fsp3) is 0.348. The summed E-state index contributed by atoms with van der Waals surface area (Å²) in [4.78, 5) is 18.3. The van der Waals surface area contributed by atoms with Gasteiger partial charge >= 0.3 is 6.61 Å². The number of aromatic nitrogens is 1. The van der Waals surface area contributed by atoms with Crippen LogP contribution in [0, 0.1) is 0 Å². The molecule has 4 rings (SSSR count). The van der Waals surface area contributed by atoms with Crippen LogP contribution in [0.25, 0.3) is 10.9 Å². The fourth-order valence-electron chi connectivity index (χ4n) is 4.14. The van der Waals surface area contributed by atoms with Crippen LogP contribution < -0.4 is 4.74 Å². The van der Waals surface area contributed by atoms with Crippen molar-refractivity contribution in [3.63, 3.8) is 0 Å². The van der Waals surface area contributed by atoms with E-state index in [-0.39, 0.29) is 11.7 Å². The van der Waals surface area contributed by atoms with Gasteiger partial charge in [-0.15, -0.1) is 0 Å². The molecule has 0 unspecified atom stereocenters. The number of nitrogens with zero attached hydrogens (tertiary/aromatic N) is 1. The molecule has 1 aromatic heterocycles. The number of aromatic amines is 1. The fourth-order valence-corrected chi connectivity index (χ4v) is 4.26. The van der Waals surface area contributed by atoms with Crippen molar-refractivity contribution in [1.82, 2.24) is 9.88 Å². The summed E-state index contributed by atoms with van der Waals surface area (Å²) in [6, 6.07) is 10.5. The quantitative estimate of drug-likeness (QED) is 0.491. The summed E-state index contributed by atoms with van der Waals surface area (Å²) in [5.74, 6) is -0.0708. The first-order valence-electron chi connectivity index (χ1n) is 10.1. The standard InChI is InChI=1S/C23H23ClF2N2O3/c1-30-12-2-10-28-11-9-16-18(13-14-3-5-15(24)6-4-14)27-21-19(31-23(25)26)8-7-17(20(16)21)22(28)29/h3-8,23,27H,2,9-13H2,1H3. The lowest BCUT2D eigenvalue weighted by Gasteiger charge is -2.21. The Hall–Kier alpha value is -2.64. The van der Waals surface area contributed by atoms with Crippen LogP contribution >= 0.6 is 11.6 Å². The largest absolute Gasteiger partial charge is 0.433 e. The van der Waals surface area contributed by atoms with Gasteiger partial charge in [0.1, 0.15) is 5.75 Å². The highest BCUT2D eigenvalue weighted by atomic mass is 35.5. The van der Waals surface area contributed by atoms with E-state index in [2.05, 4.69) is 4.98 Å². The molecule has 3 aromatic rings. The van der Waals surface area contributed by atoms with E-state index >= 15 is 0 Å². The molecule has 8 heteroatoms. The van der Waals surface area contributed by atoms with Crippen LogP contribution in [0.3, 0.4) is 0 Å². The lowest BCUT2D eigenvalue weighted by Crippen LogP contribution is -2.33. The number of methoxy groups -OCH3 is 1. The van der Waals surface area contributed by atoms with Gasteiger partial charge in [0, 0.05) is 54.9 Å². The van der Waals surface area contributed by atoms with E-state index < -0.39 is 6.61 Å². The number of carbonyl (C=O) groups excluding carboxylic acids is 1. The van der Waals surface area contributed by atoms with Crippen LogP contribution in [0.4, 0.5) is 8.78 Å². The number of alkyl halides is 2. The summed E-state index contributed by atoms with van der Waals surface area (Å²) in [6.07, 6.45) is 1.91. The van der Waals surface area contributed by atoms with Crippen LogP contribution in [0.2, 0.25) is 5.02 Å². The molecule has 1 N–H and O–H groups in total. The lowest BCUT2D eigenvalue weighted by molar-refractivity contribution is -0.0489. The number of H-pyrrole nitrogens is 1. The predicted molar refractivity (Wildman–Crippen MR) is 115 cm³/mol. The number of hydrogen-bond donors (Lipinski definition) is 1. The van der Waals surface area contributed by atoms with Crippen LogP contribution in [0.5, 0.6) is 5.75 Å². The second kappa shape index (κ2) is 9.24. The van der Waals surface area contributed by atoms with Crippen molar-refractivity contribution in [3.05, 3.63) is 63.8 Å². The molecule has 0 saturated carbocycles. The zero-order valence-electron chi connectivity index (χ0n) is 17.1. The van der Waals surface area contributed by atoms with Crippen molar-refractivity contribution in [3.8, 4) is 5.75 Å². The zero-order valence-corrected chi connectivity index (χ0v) is 17.8. The number of carbonyl (C=O) groups is 1. The summed E-state index contributed by atoms with van der Waals surface area (Å²) in [6.45, 7) is -1.27. The van der Waals surface area contributed by atoms with Crippen molar-refractivity contribution in [2.24, 2.45) is 0 Å². The molecule has 0 radical (unpaired) electrons. The molecule has 1 aliphatic rings. The van der Waals surface area contributed by atoms with Crippen molar-refractivity contribution in [2.45, 2.75) is 25.9 Å². The van der Waals surface area contributed by atoms with E-state index in [0.717, 1.165) is 23.2 Å². The minimum Gasteiger partial charge on any atom is -0.433 e. The molecule has 1 amide bonds. The average molecular weight is 449 g/mol. The van der Waals surface area contributed by atoms with Crippen LogP contribution in [0.15, 0.2) is 36.4 Å². The van der Waals surface area contributed by atoms with Gasteiger partial charge in [-0.25, -0.2) is 0 Å². The number of rotatable bonds is 8. The second-order valence-electron chi connectivity index (χ2n) is 7.51. The first kappa shape index (κ1) is 21.6. The third-order valence-electron chi connectivity index (χ3n) is 5.55. The molecule has 164 valence electrons. The SMILES string of the molecule is COCCCN1CCc2c(Cc3ccc(Cl)cc3)[nH]c3c(OC(F)F)ccc(c23)C1=O. The molecule has 5 nitrogen and oxygen atoms in total. The van der Waals surface area contributed by atoms with Crippen molar-refractivity contribution >= 4 is 28.4 Å². The van der Waals surface area contributed by atoms with E-state index in [0.29, 0.717) is 54.0 Å². The van der Waals surface area contributed by atoms with Gasteiger partial charge in [-0.1, -0.05) is 23.7 Å². The Balaban J connectivity index is 1.78. The molecule has 1 aliphatic heterocycles. The molecule has 0 atom stereocenters. The number of amides is 1. The molecule has 2 heterocycles. The highest BCUT2D eigenvalue weighted by molar-refractivity contribution is 6.30. The molecule has 0 saturated heterocycles. The Morgan fingerprint density at radius 2 is 1.97 bits per heavy atom. The topological polar surface area (TPSA) is 54.6 Å². The van der Waals surface area contributed by atoms with Crippen LogP contribution in [0.1, 0.15) is 33.6 Å². The molecule has 2 aromatic carbocycles. The number of ether oxygens (including phenoxy) is 2. The maximum Gasteiger partial charge on any atom is 0.387 e. The van der Waals surface area contributed by atoms with E-state index in [9.17, 15) is 13.6 Å². The highest BCUT2D eigenvalue weighted by Crippen LogP contribution is 2.37. The first-order valence-corrected chi connectivity index (χ1v) is 10.5. The third kappa shape index (κ3) is 4.52. The number of halogens is 3. The van der Waals surface area contributed by atoms with Gasteiger partial charge < -0.3 is 19.4 Å². The average Bonchev–Trinajstić information content (AvgIpc) is 3.03. The van der Waals surface area contributed by atoms with Crippen molar-refractivity contribution < 1.29 is 23.0 Å². The van der Waals surface area contributed by atoms with Gasteiger partial charge in [0.2, 0.25) is 0 Å². The molecular formula is C23H23ClF2N2O3. The number of hydrogen-bond acceptors (Lipinski definition) is 3. The van der Waals surface area contributed by atoms with E-state index in [1.807, 2.05) is 24.3 Å². The Morgan fingerprint density at radius 1 is 1.19 bits per heavy atom. The summed E-state index contributed by atoms with van der Waals surface area (Å²) >= 11 is 6.00. The van der Waals surface area contributed by atoms with Gasteiger partial charge in [-0.2, -0.15) is 8.78 Å². The number of nitrogens with one attached hydrogen (secondary N) is 1. The molecule has 31 heavy (non-hydrogen) atoms. The molecule has 0 spiro atoms. The van der Waals surface area contributed by atoms with E-state index in [4.69, 9.17) is 21.1 Å². The monoisotopic (exact) mass is 448 g/mol. The normalized spacial score (nSPS) is 13.8. The Labute approximate surface area is 183 Å². The molecule has 0 aliphatic carbocycles. The first-order chi connectivity index (χ1) is 15.0. The van der Waals surface area contributed by atoms with Gasteiger partial charge in [-0.3, -0.25) is 4.79 Å². The second-order valence-corrected chi connectivity index (χ2v) is 7.95. The lowest BCUT2D eigenvalue weighted by atomic mass is 10.00. The van der Waals surface area contributed by atoms with Gasteiger partial charge in [0.15, 0.2) is 0 Å². The third-order valence-corrected chi connectivity index (χ3v) is 5.80. The van der Waals surface area contributed by atoms with Gasteiger partial charge in [0.25, 0.3) is 5.91 Å². The van der Waals surface area contributed by atoms with Gasteiger partial charge in [0.05, 0.1) is 5.52 Å². The number of benzene rings is 2. The Morgan fingerprint density at radius 3 is 2.68 bits per heavy atom. The summed E-state index contributed by atoms with van der Waals surface area (Å²) in [7, 11) is 1.63. The Kier molecular flexibility index (Phi) is 6.43. The van der Waals surface area contributed by atoms with Crippen molar-refractivity contribution in [2.75, 3.05) is 26.8 Å². The highest BCUT2D eigenvalue weighted by Gasteiger charge is 2.28. The van der Waals surface area contributed by atoms with E-state index in [1.165, 1.54) is 6.07 Å². The Bertz CT molecular complexity index is 1080. The maximum absolute atomic E-state index is 13.2. The van der Waals surface area contributed by atoms with Crippen LogP contribution in [-0.4, -0.2) is 49.2 Å². The van der Waals surface area contributed by atoms with Crippen molar-refractivity contribution in [1.29, 1.82) is 0 Å². The molecule has 0 bridgehead atoms. The smallest absolute Gasteiger partial charge is 0.387 e. The predicted octanol–water partition coefficient (Wildman–Crippen LogP) is 5.05. The van der Waals surface area contributed by atoms with Gasteiger partial charge in [-0.05, 0) is 48.2 Å². The summed E-state index contributed by atoms with van der Waals surface area (Å²) < 4.78 is 35.8. The minimum atomic E-state index is -2.95. The minimum absolute atomic E-state index is 0.0398. The maximum atomic E-state index is 13.2. The summed E-state index contributed by atoms with van der Waals surface area (Å²) in [5.41, 5.74) is 3.80. The molecule has 0 fully saturated rings. The molecular weight excluding hydrogens is 426 g/mol. The van der Waals surface area contributed by atoms with Crippen LogP contribution in [-0.2, 0) is 17.6 Å². The van der Waals surface area contributed by atoms with E-state index in [1.54, 1.807) is 18.1 Å². The summed E-state index contributed by atoms with van der Waals surface area (Å²) in [5, 5.41) is 1.31. The zero-order chi connectivity index (χ0) is 22.0.